The van der Waals surface area contributed by atoms with Crippen LogP contribution in [0.5, 0.6) is 5.75 Å². The zero-order chi connectivity index (χ0) is 18.4. The van der Waals surface area contributed by atoms with Crippen LogP contribution in [0.1, 0.15) is 12.5 Å². The second-order valence-corrected chi connectivity index (χ2v) is 5.52. The van der Waals surface area contributed by atoms with Gasteiger partial charge in [-0.25, -0.2) is 9.86 Å². The number of urea groups is 1. The number of carbonyl (C=O) groups is 2. The van der Waals surface area contributed by atoms with Crippen molar-refractivity contribution in [2.75, 3.05) is 20.2 Å². The van der Waals surface area contributed by atoms with E-state index in [0.29, 0.717) is 10.6 Å². The maximum absolute atomic E-state index is 12.0. The predicted octanol–water partition coefficient (Wildman–Crippen LogP) is 2.14. The molecule has 0 aliphatic rings. The van der Waals surface area contributed by atoms with Gasteiger partial charge < -0.3 is 15.8 Å². The molecule has 0 fully saturated rings. The van der Waals surface area contributed by atoms with Crippen molar-refractivity contribution in [2.45, 2.75) is 6.92 Å². The van der Waals surface area contributed by atoms with Gasteiger partial charge in [-0.05, 0) is 47.5 Å². The van der Waals surface area contributed by atoms with Crippen LogP contribution in [0, 0.1) is 0 Å². The Labute approximate surface area is 145 Å². The van der Waals surface area contributed by atoms with Gasteiger partial charge in [0.15, 0.2) is 0 Å². The molecule has 0 heterocycles. The van der Waals surface area contributed by atoms with Crippen molar-refractivity contribution >= 4 is 28.8 Å². The van der Waals surface area contributed by atoms with Crippen molar-refractivity contribution in [1.29, 1.82) is 0 Å². The SMILES string of the molecule is COc1ccc2cc(C=C(C)C(=O)NCCN(O)C(N)=O)ccc2c1. The summed E-state index contributed by atoms with van der Waals surface area (Å²) in [6.07, 6.45) is 1.77. The lowest BCUT2D eigenvalue weighted by atomic mass is 10.0. The number of hydroxylamine groups is 2. The van der Waals surface area contributed by atoms with Gasteiger partial charge in [-0.2, -0.15) is 0 Å². The Balaban J connectivity index is 2.04. The van der Waals surface area contributed by atoms with Crippen molar-refractivity contribution in [2.24, 2.45) is 5.73 Å². The minimum absolute atomic E-state index is 0.0772. The molecule has 2 rings (SSSR count). The average molecular weight is 343 g/mol. The second-order valence-electron chi connectivity index (χ2n) is 5.52. The van der Waals surface area contributed by atoms with Crippen LogP contribution in [0.25, 0.3) is 16.8 Å². The van der Waals surface area contributed by atoms with E-state index in [4.69, 9.17) is 15.7 Å². The van der Waals surface area contributed by atoms with Crippen molar-refractivity contribution in [3.05, 3.63) is 47.5 Å². The molecular weight excluding hydrogens is 322 g/mol. The van der Waals surface area contributed by atoms with Gasteiger partial charge in [-0.1, -0.05) is 18.2 Å². The maximum atomic E-state index is 12.0. The Hall–Kier alpha value is -3.06. The first-order valence-electron chi connectivity index (χ1n) is 7.71. The van der Waals surface area contributed by atoms with Gasteiger partial charge in [0.2, 0.25) is 5.91 Å². The molecule has 7 heteroatoms. The molecule has 3 amide bonds. The van der Waals surface area contributed by atoms with E-state index in [-0.39, 0.29) is 19.0 Å². The molecular formula is C18H21N3O4. The third kappa shape index (κ3) is 4.95. The first-order chi connectivity index (χ1) is 11.9. The first kappa shape index (κ1) is 18.3. The van der Waals surface area contributed by atoms with Gasteiger partial charge in [0.25, 0.3) is 0 Å². The van der Waals surface area contributed by atoms with Gasteiger partial charge in [-0.15, -0.1) is 0 Å². The second kappa shape index (κ2) is 8.16. The molecule has 0 spiro atoms. The summed E-state index contributed by atoms with van der Waals surface area (Å²) in [5.74, 6) is 0.507. The third-order valence-electron chi connectivity index (χ3n) is 3.68. The van der Waals surface area contributed by atoms with E-state index >= 15 is 0 Å². The zero-order valence-electron chi connectivity index (χ0n) is 14.2. The first-order valence-corrected chi connectivity index (χ1v) is 7.71. The summed E-state index contributed by atoms with van der Waals surface area (Å²) in [6.45, 7) is 1.71. The largest absolute Gasteiger partial charge is 0.497 e. The predicted molar refractivity (Wildman–Crippen MR) is 95.2 cm³/mol. The molecule has 4 N–H and O–H groups in total. The summed E-state index contributed by atoms with van der Waals surface area (Å²) in [7, 11) is 1.62. The van der Waals surface area contributed by atoms with Crippen LogP contribution in [-0.4, -0.2) is 42.4 Å². The zero-order valence-corrected chi connectivity index (χ0v) is 14.2. The maximum Gasteiger partial charge on any atom is 0.338 e. The van der Waals surface area contributed by atoms with Gasteiger partial charge in [0.05, 0.1) is 13.7 Å². The van der Waals surface area contributed by atoms with Crippen LogP contribution in [0.2, 0.25) is 0 Å². The number of amides is 3. The fourth-order valence-corrected chi connectivity index (χ4v) is 2.30. The number of hydrogen-bond acceptors (Lipinski definition) is 4. The Kier molecular flexibility index (Phi) is 5.97. The fourth-order valence-electron chi connectivity index (χ4n) is 2.30. The monoisotopic (exact) mass is 343 g/mol. The lowest BCUT2D eigenvalue weighted by molar-refractivity contribution is -0.117. The minimum atomic E-state index is -0.964. The molecule has 0 bridgehead atoms. The van der Waals surface area contributed by atoms with Crippen LogP contribution in [-0.2, 0) is 4.79 Å². The highest BCUT2D eigenvalue weighted by Gasteiger charge is 2.08. The Morgan fingerprint density at radius 1 is 1.24 bits per heavy atom. The number of hydrogen-bond donors (Lipinski definition) is 3. The summed E-state index contributed by atoms with van der Waals surface area (Å²) < 4.78 is 5.20. The quantitative estimate of drug-likeness (QED) is 0.424. The number of nitrogens with two attached hydrogens (primary N) is 1. The van der Waals surface area contributed by atoms with Crippen LogP contribution < -0.4 is 15.8 Å². The number of fused-ring (bicyclic) bond motifs is 1. The summed E-state index contributed by atoms with van der Waals surface area (Å²) in [5.41, 5.74) is 6.29. The number of carbonyl (C=O) groups excluding carboxylic acids is 2. The Bertz CT molecular complexity index is 817. The summed E-state index contributed by atoms with van der Waals surface area (Å²) >= 11 is 0. The standard InChI is InChI=1S/C18H21N3O4/c1-12(17(22)20-7-8-21(24)18(19)23)9-13-3-4-15-11-16(25-2)6-5-14(15)10-13/h3-6,9-11,24H,7-8H2,1-2H3,(H2,19,23)(H,20,22). The van der Waals surface area contributed by atoms with E-state index in [9.17, 15) is 9.59 Å². The molecule has 2 aromatic rings. The van der Waals surface area contributed by atoms with Gasteiger partial charge in [-0.3, -0.25) is 10.0 Å². The van der Waals surface area contributed by atoms with E-state index in [1.54, 1.807) is 20.1 Å². The van der Waals surface area contributed by atoms with Gasteiger partial charge in [0.1, 0.15) is 5.75 Å². The van der Waals surface area contributed by atoms with Crippen molar-refractivity contribution in [3.63, 3.8) is 0 Å². The Morgan fingerprint density at radius 3 is 2.60 bits per heavy atom. The normalized spacial score (nSPS) is 11.2. The molecule has 0 aliphatic heterocycles. The van der Waals surface area contributed by atoms with Crippen LogP contribution in [0.3, 0.4) is 0 Å². The van der Waals surface area contributed by atoms with E-state index in [2.05, 4.69) is 5.32 Å². The number of ether oxygens (including phenoxy) is 1. The van der Waals surface area contributed by atoms with Crippen LogP contribution in [0.15, 0.2) is 42.0 Å². The average Bonchev–Trinajstić information content (AvgIpc) is 2.60. The Morgan fingerprint density at radius 2 is 1.92 bits per heavy atom. The van der Waals surface area contributed by atoms with E-state index < -0.39 is 6.03 Å². The van der Waals surface area contributed by atoms with E-state index in [0.717, 1.165) is 22.1 Å². The number of methoxy groups -OCH3 is 1. The van der Waals surface area contributed by atoms with Crippen molar-refractivity contribution < 1.29 is 19.5 Å². The molecule has 25 heavy (non-hydrogen) atoms. The number of nitrogens with zero attached hydrogens (tertiary/aromatic N) is 1. The highest BCUT2D eigenvalue weighted by atomic mass is 16.5. The molecule has 0 saturated heterocycles. The summed E-state index contributed by atoms with van der Waals surface area (Å²) in [4.78, 5) is 22.7. The lowest BCUT2D eigenvalue weighted by Crippen LogP contribution is -2.39. The van der Waals surface area contributed by atoms with Crippen molar-refractivity contribution in [1.82, 2.24) is 10.4 Å². The third-order valence-corrected chi connectivity index (χ3v) is 3.68. The number of nitrogens with one attached hydrogen (secondary N) is 1. The van der Waals surface area contributed by atoms with Crippen LogP contribution in [0.4, 0.5) is 4.79 Å². The summed E-state index contributed by atoms with van der Waals surface area (Å²) in [5, 5.41) is 14.2. The molecule has 0 aliphatic carbocycles. The van der Waals surface area contributed by atoms with Gasteiger partial charge in [0, 0.05) is 12.1 Å². The molecule has 0 atom stereocenters. The molecule has 132 valence electrons. The van der Waals surface area contributed by atoms with E-state index in [1.807, 2.05) is 36.4 Å². The molecule has 7 nitrogen and oxygen atoms in total. The smallest absolute Gasteiger partial charge is 0.338 e. The fraction of sp³-hybridized carbons (Fsp3) is 0.222. The molecule has 0 unspecified atom stereocenters. The highest BCUT2D eigenvalue weighted by molar-refractivity contribution is 5.98. The highest BCUT2D eigenvalue weighted by Crippen LogP contribution is 2.22. The van der Waals surface area contributed by atoms with E-state index in [1.165, 1.54) is 0 Å². The molecule has 0 radical (unpaired) electrons. The number of primary amides is 1. The topological polar surface area (TPSA) is 105 Å². The lowest BCUT2D eigenvalue weighted by Gasteiger charge is -2.12. The number of benzene rings is 2. The number of rotatable bonds is 6. The van der Waals surface area contributed by atoms with Gasteiger partial charge >= 0.3 is 6.03 Å². The molecule has 0 aromatic heterocycles. The van der Waals surface area contributed by atoms with Crippen LogP contribution >= 0.6 is 0 Å². The summed E-state index contributed by atoms with van der Waals surface area (Å²) in [6, 6.07) is 10.7. The molecule has 0 saturated carbocycles. The van der Waals surface area contributed by atoms with Crippen molar-refractivity contribution in [3.8, 4) is 5.75 Å². The molecule has 2 aromatic carbocycles. The minimum Gasteiger partial charge on any atom is -0.497 e.